The van der Waals surface area contributed by atoms with Gasteiger partial charge in [-0.2, -0.15) is 0 Å². The number of thioether (sulfide) groups is 1. The fourth-order valence-electron chi connectivity index (χ4n) is 2.72. The van der Waals surface area contributed by atoms with Gasteiger partial charge in [0.25, 0.3) is 11.6 Å². The molecule has 0 saturated carbocycles. The van der Waals surface area contributed by atoms with Crippen molar-refractivity contribution in [1.29, 1.82) is 0 Å². The van der Waals surface area contributed by atoms with Gasteiger partial charge in [-0.15, -0.1) is 0 Å². The van der Waals surface area contributed by atoms with Crippen LogP contribution in [0.4, 0.5) is 11.4 Å². The normalized spacial score (nSPS) is 19.8. The number of hydrogen-bond donors (Lipinski definition) is 3. The molecule has 1 aliphatic rings. The van der Waals surface area contributed by atoms with Crippen molar-refractivity contribution in [1.82, 2.24) is 0 Å². The van der Waals surface area contributed by atoms with E-state index in [1.807, 2.05) is 24.3 Å². The minimum absolute atomic E-state index is 0.234. The molecule has 1 heterocycles. The molecule has 7 heteroatoms. The average Bonchev–Trinajstić information content (AvgIpc) is 2.62. The van der Waals surface area contributed by atoms with Crippen molar-refractivity contribution in [3.05, 3.63) is 64.6 Å². The molecule has 25 heavy (non-hydrogen) atoms. The van der Waals surface area contributed by atoms with Gasteiger partial charge in [0.1, 0.15) is 0 Å². The lowest BCUT2D eigenvalue weighted by atomic mass is 9.89. The van der Waals surface area contributed by atoms with Crippen LogP contribution in [-0.4, -0.2) is 16.8 Å². The number of benzene rings is 2. The zero-order valence-electron chi connectivity index (χ0n) is 13.8. The Morgan fingerprint density at radius 1 is 1.28 bits per heavy atom. The third-order valence-electron chi connectivity index (χ3n) is 4.20. The molecule has 0 fully saturated rings. The number of amides is 1. The zero-order valence-corrected chi connectivity index (χ0v) is 14.6. The van der Waals surface area contributed by atoms with Crippen molar-refractivity contribution in [3.8, 4) is 0 Å². The number of nitrogens with zero attached hydrogens (tertiary/aromatic N) is 1. The summed E-state index contributed by atoms with van der Waals surface area (Å²) in [4.78, 5) is 27.5. The van der Waals surface area contributed by atoms with E-state index >= 15 is 0 Å². The van der Waals surface area contributed by atoms with E-state index in [-0.39, 0.29) is 11.4 Å². The first-order chi connectivity index (χ1) is 12.0. The van der Waals surface area contributed by atoms with Crippen LogP contribution in [-0.2, 0) is 5.54 Å². The Morgan fingerprint density at radius 3 is 2.72 bits per heavy atom. The van der Waals surface area contributed by atoms with Crippen molar-refractivity contribution in [2.24, 2.45) is 10.7 Å². The minimum Gasteiger partial charge on any atom is -0.379 e. The maximum Gasteiger partial charge on any atom is 0.255 e. The van der Waals surface area contributed by atoms with Crippen LogP contribution < -0.4 is 16.2 Å². The van der Waals surface area contributed by atoms with Crippen molar-refractivity contribution in [2.75, 3.05) is 11.1 Å². The first kappa shape index (κ1) is 17.2. The summed E-state index contributed by atoms with van der Waals surface area (Å²) in [5, 5.41) is 5.26. The van der Waals surface area contributed by atoms with E-state index < -0.39 is 0 Å². The highest BCUT2D eigenvalue weighted by Crippen LogP contribution is 2.35. The predicted octanol–water partition coefficient (Wildman–Crippen LogP) is 2.08. The van der Waals surface area contributed by atoms with Crippen LogP contribution in [0, 0.1) is 4.91 Å². The molecule has 3 rings (SSSR count). The number of nitrogens with one attached hydrogen (secondary N) is 2. The Hall–Kier alpha value is -2.67. The standard InChI is InChI=1S/C18H18N4O2S/c1-18(9-10-25-17(19)21-18)13-3-2-4-15(11-13)20-16(23)12-5-7-14(22-24)8-6-12/h2-8,11H,9-10H2,1H3,(H2,19,21)(H,20,23)/p+1. The SMILES string of the molecule is CC1(c2cccc(NC(=O)c3ccc([NH+]=O)cc3)c2)CCSC(N)=N1. The van der Waals surface area contributed by atoms with Crippen LogP contribution in [0.5, 0.6) is 0 Å². The third kappa shape index (κ3) is 3.88. The lowest BCUT2D eigenvalue weighted by Gasteiger charge is -2.30. The minimum atomic E-state index is -0.377. The van der Waals surface area contributed by atoms with Gasteiger partial charge in [0.15, 0.2) is 5.17 Å². The molecule has 0 aliphatic carbocycles. The molecule has 2 aromatic rings. The average molecular weight is 355 g/mol. The van der Waals surface area contributed by atoms with Crippen LogP contribution in [0.25, 0.3) is 0 Å². The highest BCUT2D eigenvalue weighted by molar-refractivity contribution is 8.13. The summed E-state index contributed by atoms with van der Waals surface area (Å²) in [6.07, 6.45) is 0.888. The first-order valence-electron chi connectivity index (χ1n) is 7.88. The van der Waals surface area contributed by atoms with Gasteiger partial charge in [0.2, 0.25) is 0 Å². The first-order valence-corrected chi connectivity index (χ1v) is 8.87. The molecule has 1 aliphatic heterocycles. The number of amidine groups is 1. The molecule has 1 atom stereocenters. The molecular weight excluding hydrogens is 336 g/mol. The maximum absolute atomic E-state index is 12.4. The van der Waals surface area contributed by atoms with Crippen LogP contribution in [0.3, 0.4) is 0 Å². The molecule has 4 N–H and O–H groups in total. The number of hydrogen-bond acceptors (Lipinski definition) is 5. The van der Waals surface area contributed by atoms with Crippen LogP contribution in [0.2, 0.25) is 0 Å². The molecular formula is C18H19N4O2S+. The lowest BCUT2D eigenvalue weighted by molar-refractivity contribution is -0.379. The number of rotatable bonds is 4. The fraction of sp³-hybridized carbons (Fsp3) is 0.222. The van der Waals surface area contributed by atoms with Crippen LogP contribution in [0.15, 0.2) is 53.5 Å². The molecule has 2 aromatic carbocycles. The third-order valence-corrected chi connectivity index (χ3v) is 5.00. The number of anilines is 1. The number of carbonyl (C=O) groups excluding carboxylic acids is 1. The zero-order chi connectivity index (χ0) is 17.9. The molecule has 0 radical (unpaired) electrons. The van der Waals surface area contributed by atoms with E-state index in [4.69, 9.17) is 5.73 Å². The smallest absolute Gasteiger partial charge is 0.255 e. The fourth-order valence-corrected chi connectivity index (χ4v) is 3.69. The van der Waals surface area contributed by atoms with Gasteiger partial charge in [-0.05, 0) is 43.2 Å². The van der Waals surface area contributed by atoms with E-state index in [0.717, 1.165) is 17.7 Å². The van der Waals surface area contributed by atoms with E-state index in [9.17, 15) is 9.70 Å². The largest absolute Gasteiger partial charge is 0.379 e. The van der Waals surface area contributed by atoms with Gasteiger partial charge in [-0.1, -0.05) is 23.9 Å². The second-order valence-electron chi connectivity index (χ2n) is 6.04. The maximum atomic E-state index is 12.4. The number of aliphatic imine (C=N–C) groups is 1. The van der Waals surface area contributed by atoms with Gasteiger partial charge >= 0.3 is 0 Å². The summed E-state index contributed by atoms with van der Waals surface area (Å²) in [5.74, 6) is 0.685. The Morgan fingerprint density at radius 2 is 2.04 bits per heavy atom. The topological polar surface area (TPSA) is 98.5 Å². The number of nitrogens with two attached hydrogens (primary N) is 1. The highest BCUT2D eigenvalue weighted by Gasteiger charge is 2.29. The summed E-state index contributed by atoms with van der Waals surface area (Å²) in [5.41, 5.74) is 8.11. The molecule has 0 spiro atoms. The van der Waals surface area contributed by atoms with E-state index in [2.05, 4.69) is 17.2 Å². The van der Waals surface area contributed by atoms with Crippen LogP contribution in [0.1, 0.15) is 29.3 Å². The monoisotopic (exact) mass is 355 g/mol. The van der Waals surface area contributed by atoms with Gasteiger partial charge < -0.3 is 11.1 Å². The molecule has 0 aromatic heterocycles. The van der Waals surface area contributed by atoms with Gasteiger partial charge in [0, 0.05) is 39.2 Å². The molecule has 1 unspecified atom stereocenters. The van der Waals surface area contributed by atoms with Crippen LogP contribution >= 0.6 is 11.8 Å². The second-order valence-corrected chi connectivity index (χ2v) is 7.15. The Kier molecular flexibility index (Phi) is 4.85. The number of nitroso groups, excluding NO2 is 1. The van der Waals surface area contributed by atoms with Gasteiger partial charge in [-0.3, -0.25) is 9.79 Å². The highest BCUT2D eigenvalue weighted by atomic mass is 32.2. The molecule has 128 valence electrons. The molecule has 6 nitrogen and oxygen atoms in total. The Balaban J connectivity index is 1.80. The summed E-state index contributed by atoms with van der Waals surface area (Å²) < 4.78 is 0. The summed E-state index contributed by atoms with van der Waals surface area (Å²) in [7, 11) is 0. The second kappa shape index (κ2) is 7.06. The van der Waals surface area contributed by atoms with Crippen molar-refractivity contribution >= 4 is 34.2 Å². The molecule has 1 amide bonds. The number of carbonyl (C=O) groups is 1. The van der Waals surface area contributed by atoms with Gasteiger partial charge in [-0.25, -0.2) is 0 Å². The van der Waals surface area contributed by atoms with Crippen molar-refractivity contribution in [3.63, 3.8) is 0 Å². The molecule has 0 bridgehead atoms. The molecule has 0 saturated heterocycles. The predicted molar refractivity (Wildman–Crippen MR) is 101 cm³/mol. The van der Waals surface area contributed by atoms with Crippen molar-refractivity contribution < 1.29 is 9.97 Å². The lowest BCUT2D eigenvalue weighted by Crippen LogP contribution is -2.55. The van der Waals surface area contributed by atoms with E-state index in [1.165, 1.54) is 0 Å². The van der Waals surface area contributed by atoms with E-state index in [1.54, 1.807) is 41.2 Å². The summed E-state index contributed by atoms with van der Waals surface area (Å²) in [6, 6.07) is 14.0. The summed E-state index contributed by atoms with van der Waals surface area (Å²) in [6.45, 7) is 2.05. The Bertz CT molecular complexity index is 835. The quantitative estimate of drug-likeness (QED) is 0.782. The van der Waals surface area contributed by atoms with E-state index in [0.29, 0.717) is 22.1 Å². The summed E-state index contributed by atoms with van der Waals surface area (Å²) >= 11 is 1.56. The van der Waals surface area contributed by atoms with Crippen molar-refractivity contribution in [2.45, 2.75) is 18.9 Å². The Labute approximate surface area is 149 Å². The van der Waals surface area contributed by atoms with Gasteiger partial charge in [0.05, 0.1) is 5.54 Å².